The van der Waals surface area contributed by atoms with E-state index in [0.717, 1.165) is 43.7 Å². The molecule has 1 N–H and O–H groups in total. The molecule has 32 heavy (non-hydrogen) atoms. The molecule has 0 radical (unpaired) electrons. The molecule has 6 nitrogen and oxygen atoms in total. The Bertz CT molecular complexity index is 1100. The number of hydrogen-bond acceptors (Lipinski definition) is 5. The second-order valence-electron chi connectivity index (χ2n) is 8.24. The fraction of sp³-hybridized carbons (Fsp3) is 0.417. The van der Waals surface area contributed by atoms with E-state index in [1.165, 1.54) is 25.6 Å². The number of carbonyl (C=O) groups excluding carboxylic acids is 1. The minimum Gasteiger partial charge on any atom is -0.467 e. The molecule has 1 aliphatic carbocycles. The first-order chi connectivity index (χ1) is 15.5. The van der Waals surface area contributed by atoms with Gasteiger partial charge in [-0.15, -0.1) is 0 Å². The molecule has 3 aromatic rings. The van der Waals surface area contributed by atoms with Gasteiger partial charge in [0.1, 0.15) is 11.3 Å². The molecule has 1 saturated carbocycles. The van der Waals surface area contributed by atoms with Gasteiger partial charge >= 0.3 is 6.01 Å². The van der Waals surface area contributed by atoms with Crippen molar-refractivity contribution in [2.24, 2.45) is 5.92 Å². The number of amides is 1. The Kier molecular flexibility index (Phi) is 6.58. The molecule has 1 aliphatic rings. The first-order valence-electron chi connectivity index (χ1n) is 10.9. The largest absolute Gasteiger partial charge is 0.467 e. The van der Waals surface area contributed by atoms with E-state index in [9.17, 15) is 13.6 Å². The summed E-state index contributed by atoms with van der Waals surface area (Å²) in [5, 5.41) is 3.67. The number of aromatic nitrogens is 3. The molecule has 2 heterocycles. The van der Waals surface area contributed by atoms with Gasteiger partial charge in [0.15, 0.2) is 5.82 Å². The van der Waals surface area contributed by atoms with E-state index in [2.05, 4.69) is 27.2 Å². The van der Waals surface area contributed by atoms with E-state index in [0.29, 0.717) is 16.9 Å². The minimum absolute atomic E-state index is 0.0367. The molecule has 8 heteroatoms. The van der Waals surface area contributed by atoms with Crippen LogP contribution in [-0.4, -0.2) is 34.0 Å². The summed E-state index contributed by atoms with van der Waals surface area (Å²) in [6.07, 6.45) is 8.94. The van der Waals surface area contributed by atoms with Gasteiger partial charge in [0.25, 0.3) is 5.91 Å². The summed E-state index contributed by atoms with van der Waals surface area (Å²) < 4.78 is 32.9. The highest BCUT2D eigenvalue weighted by Gasteiger charge is 2.29. The highest BCUT2D eigenvalue weighted by atomic mass is 19.1. The van der Waals surface area contributed by atoms with Gasteiger partial charge in [-0.2, -0.15) is 0 Å². The predicted octanol–water partition coefficient (Wildman–Crippen LogP) is 4.79. The van der Waals surface area contributed by atoms with Crippen molar-refractivity contribution in [1.29, 1.82) is 0 Å². The van der Waals surface area contributed by atoms with Crippen molar-refractivity contribution < 1.29 is 18.3 Å². The van der Waals surface area contributed by atoms with Crippen LogP contribution in [0.4, 0.5) is 8.78 Å². The zero-order valence-corrected chi connectivity index (χ0v) is 18.1. The Hall–Kier alpha value is -3.16. The maximum Gasteiger partial charge on any atom is 0.316 e. The number of methoxy groups -OCH3 is 1. The van der Waals surface area contributed by atoms with Gasteiger partial charge in [-0.1, -0.05) is 6.92 Å². The monoisotopic (exact) mass is 440 g/mol. The second-order valence-corrected chi connectivity index (χ2v) is 8.24. The number of pyridine rings is 1. The third-order valence-electron chi connectivity index (χ3n) is 6.41. The Morgan fingerprint density at radius 1 is 1.16 bits per heavy atom. The van der Waals surface area contributed by atoms with E-state index in [1.54, 1.807) is 6.20 Å². The van der Waals surface area contributed by atoms with Gasteiger partial charge in [0.05, 0.1) is 12.7 Å². The molecule has 1 aromatic carbocycles. The minimum atomic E-state index is -0.633. The average Bonchev–Trinajstić information content (AvgIpc) is 2.82. The average molecular weight is 440 g/mol. The van der Waals surface area contributed by atoms with Crippen LogP contribution in [0.5, 0.6) is 6.01 Å². The summed E-state index contributed by atoms with van der Waals surface area (Å²) in [4.78, 5) is 24.7. The number of rotatable bonds is 6. The van der Waals surface area contributed by atoms with Gasteiger partial charge in [-0.25, -0.2) is 18.7 Å². The van der Waals surface area contributed by atoms with Crippen LogP contribution in [0.1, 0.15) is 60.9 Å². The molecule has 0 saturated heterocycles. The van der Waals surface area contributed by atoms with E-state index in [1.807, 2.05) is 6.07 Å². The third kappa shape index (κ3) is 4.54. The first kappa shape index (κ1) is 22.0. The van der Waals surface area contributed by atoms with Gasteiger partial charge in [-0.05, 0) is 61.6 Å². The summed E-state index contributed by atoms with van der Waals surface area (Å²) in [6, 6.07) is 4.37. The molecule has 0 bridgehead atoms. The lowest BCUT2D eigenvalue weighted by Gasteiger charge is -2.34. The summed E-state index contributed by atoms with van der Waals surface area (Å²) in [7, 11) is 1.47. The van der Waals surface area contributed by atoms with E-state index in [-0.39, 0.29) is 29.4 Å². The van der Waals surface area contributed by atoms with Crippen LogP contribution in [0, 0.1) is 17.6 Å². The van der Waals surface area contributed by atoms with Gasteiger partial charge in [-0.3, -0.25) is 9.78 Å². The topological polar surface area (TPSA) is 77.0 Å². The highest BCUT2D eigenvalue weighted by molar-refractivity contribution is 5.93. The fourth-order valence-corrected chi connectivity index (χ4v) is 4.73. The maximum atomic E-state index is 14.2. The Balaban J connectivity index is 1.43. The molecule has 2 aromatic heterocycles. The van der Waals surface area contributed by atoms with Crippen LogP contribution in [-0.2, 0) is 0 Å². The summed E-state index contributed by atoms with van der Waals surface area (Å²) in [5.74, 6) is -0.879. The van der Waals surface area contributed by atoms with Crippen molar-refractivity contribution in [3.63, 3.8) is 0 Å². The smallest absolute Gasteiger partial charge is 0.316 e. The van der Waals surface area contributed by atoms with Crippen LogP contribution in [0.15, 0.2) is 36.8 Å². The zero-order valence-electron chi connectivity index (χ0n) is 18.1. The van der Waals surface area contributed by atoms with Crippen molar-refractivity contribution in [3.05, 3.63) is 59.6 Å². The Labute approximate surface area is 185 Å². The molecule has 1 atom stereocenters. The number of hydrogen-bond donors (Lipinski definition) is 1. The molecule has 0 aliphatic heterocycles. The lowest BCUT2D eigenvalue weighted by Crippen LogP contribution is -2.41. The lowest BCUT2D eigenvalue weighted by atomic mass is 9.75. The van der Waals surface area contributed by atoms with Crippen molar-refractivity contribution >= 4 is 16.8 Å². The molecule has 4 rings (SSSR count). The van der Waals surface area contributed by atoms with Crippen LogP contribution in [0.25, 0.3) is 10.9 Å². The summed E-state index contributed by atoms with van der Waals surface area (Å²) in [5.41, 5.74) is 1.55. The highest BCUT2D eigenvalue weighted by Crippen LogP contribution is 2.40. The quantitative estimate of drug-likeness (QED) is 0.596. The zero-order chi connectivity index (χ0) is 22.7. The van der Waals surface area contributed by atoms with Crippen LogP contribution < -0.4 is 10.1 Å². The van der Waals surface area contributed by atoms with Crippen LogP contribution >= 0.6 is 0 Å². The number of nitrogens with one attached hydrogen (secondary N) is 1. The maximum absolute atomic E-state index is 14.2. The van der Waals surface area contributed by atoms with E-state index < -0.39 is 11.6 Å². The van der Waals surface area contributed by atoms with Crippen LogP contribution in [0.3, 0.4) is 0 Å². The lowest BCUT2D eigenvalue weighted by molar-refractivity contribution is 0.0908. The first-order valence-corrected chi connectivity index (χ1v) is 10.9. The molecular formula is C24H26F2N4O2. The standard InChI is InChI=1S/C24H26F2N4O2/c1-3-21(30-23(31)16-12-28-24(32-2)29-13-16)15-6-4-14(5-7-15)18-8-9-27-22-19(18)10-17(25)11-20(22)26/h8-15,21H,3-7H2,1-2H3,(H,30,31)/t14-,15-,21-/m0/s1. The molecule has 0 unspecified atom stereocenters. The van der Waals surface area contributed by atoms with Crippen molar-refractivity contribution in [2.45, 2.75) is 51.0 Å². The Morgan fingerprint density at radius 3 is 2.53 bits per heavy atom. The number of carbonyl (C=O) groups is 1. The molecule has 0 spiro atoms. The number of fused-ring (bicyclic) bond motifs is 1. The third-order valence-corrected chi connectivity index (χ3v) is 6.41. The van der Waals surface area contributed by atoms with Gasteiger partial charge < -0.3 is 10.1 Å². The summed E-state index contributed by atoms with van der Waals surface area (Å²) in [6.45, 7) is 2.06. The number of benzene rings is 1. The van der Waals surface area contributed by atoms with Gasteiger partial charge in [0, 0.05) is 36.1 Å². The molecular weight excluding hydrogens is 414 g/mol. The number of nitrogens with zero attached hydrogens (tertiary/aromatic N) is 3. The number of ether oxygens (including phenoxy) is 1. The Morgan fingerprint density at radius 2 is 1.88 bits per heavy atom. The van der Waals surface area contributed by atoms with E-state index >= 15 is 0 Å². The van der Waals surface area contributed by atoms with Crippen molar-refractivity contribution in [1.82, 2.24) is 20.3 Å². The normalized spacial score (nSPS) is 19.5. The molecule has 1 amide bonds. The predicted molar refractivity (Wildman–Crippen MR) is 116 cm³/mol. The SMILES string of the molecule is CC[C@H](NC(=O)c1cnc(OC)nc1)[C@H]1CC[C@H](c2ccnc3c(F)cc(F)cc32)CC1. The van der Waals surface area contributed by atoms with Gasteiger partial charge in [0.2, 0.25) is 0 Å². The van der Waals surface area contributed by atoms with E-state index in [4.69, 9.17) is 4.74 Å². The van der Waals surface area contributed by atoms with Crippen LogP contribution in [0.2, 0.25) is 0 Å². The molecule has 1 fully saturated rings. The summed E-state index contributed by atoms with van der Waals surface area (Å²) >= 11 is 0. The second kappa shape index (κ2) is 9.54. The van der Waals surface area contributed by atoms with Crippen molar-refractivity contribution in [3.8, 4) is 6.01 Å². The number of halogens is 2. The fourth-order valence-electron chi connectivity index (χ4n) is 4.73. The molecule has 168 valence electrons. The van der Waals surface area contributed by atoms with Crippen molar-refractivity contribution in [2.75, 3.05) is 7.11 Å².